The standard InChI is InChI=1S/C12H12F3N5O/c13-12(14,15)7-1-2-10(20-16)9(3-7)11(21)18-5-8-4-17-6-19-8/h1-4,6,20H,5,16H2,(H,17,19)(H,18,21). The molecule has 0 aliphatic rings. The summed E-state index contributed by atoms with van der Waals surface area (Å²) in [6, 6.07) is 2.70. The van der Waals surface area contributed by atoms with Gasteiger partial charge in [-0.3, -0.25) is 10.6 Å². The summed E-state index contributed by atoms with van der Waals surface area (Å²) in [4.78, 5) is 18.5. The van der Waals surface area contributed by atoms with E-state index in [2.05, 4.69) is 20.7 Å². The first-order valence-corrected chi connectivity index (χ1v) is 5.85. The van der Waals surface area contributed by atoms with Crippen molar-refractivity contribution in [2.75, 3.05) is 5.43 Å². The number of nitrogens with two attached hydrogens (primary N) is 1. The number of nitrogens with zero attached hydrogens (tertiary/aromatic N) is 1. The van der Waals surface area contributed by atoms with E-state index in [0.29, 0.717) is 5.69 Å². The lowest BCUT2D eigenvalue weighted by atomic mass is 10.1. The summed E-state index contributed by atoms with van der Waals surface area (Å²) in [5.41, 5.74) is 1.81. The van der Waals surface area contributed by atoms with Crippen molar-refractivity contribution in [2.24, 2.45) is 5.84 Å². The Bertz CT molecular complexity index is 624. The molecule has 1 aromatic heterocycles. The van der Waals surface area contributed by atoms with Crippen LogP contribution < -0.4 is 16.6 Å². The number of nitrogens with one attached hydrogen (secondary N) is 3. The Morgan fingerprint density at radius 3 is 2.71 bits per heavy atom. The highest BCUT2D eigenvalue weighted by atomic mass is 19.4. The van der Waals surface area contributed by atoms with Gasteiger partial charge in [-0.1, -0.05) is 0 Å². The Kier molecular flexibility index (Phi) is 4.13. The fourth-order valence-corrected chi connectivity index (χ4v) is 1.69. The number of hydrogen-bond donors (Lipinski definition) is 4. The number of carbonyl (C=O) groups is 1. The second-order valence-corrected chi connectivity index (χ2v) is 4.16. The fourth-order valence-electron chi connectivity index (χ4n) is 1.69. The highest BCUT2D eigenvalue weighted by Crippen LogP contribution is 2.31. The van der Waals surface area contributed by atoms with E-state index >= 15 is 0 Å². The van der Waals surface area contributed by atoms with E-state index in [1.807, 2.05) is 0 Å². The van der Waals surface area contributed by atoms with Crippen LogP contribution >= 0.6 is 0 Å². The molecule has 0 bridgehead atoms. The number of amides is 1. The van der Waals surface area contributed by atoms with Crippen molar-refractivity contribution in [1.29, 1.82) is 0 Å². The maximum atomic E-state index is 12.7. The van der Waals surface area contributed by atoms with Gasteiger partial charge in [0.2, 0.25) is 0 Å². The lowest BCUT2D eigenvalue weighted by Gasteiger charge is -2.13. The predicted octanol–water partition coefficient (Wildman–Crippen LogP) is 1.64. The Balaban J connectivity index is 2.21. The number of imidazole rings is 1. The molecule has 0 spiro atoms. The monoisotopic (exact) mass is 299 g/mol. The zero-order valence-electron chi connectivity index (χ0n) is 10.7. The van der Waals surface area contributed by atoms with Crippen molar-refractivity contribution >= 4 is 11.6 Å². The molecule has 2 aromatic rings. The minimum Gasteiger partial charge on any atom is -0.347 e. The van der Waals surface area contributed by atoms with E-state index in [9.17, 15) is 18.0 Å². The first kappa shape index (κ1) is 14.9. The van der Waals surface area contributed by atoms with E-state index in [0.717, 1.165) is 18.2 Å². The Labute approximate surface area is 117 Å². The third-order valence-electron chi connectivity index (χ3n) is 2.74. The number of halogens is 3. The molecule has 21 heavy (non-hydrogen) atoms. The molecule has 0 saturated heterocycles. The van der Waals surface area contributed by atoms with E-state index in [1.165, 1.54) is 12.5 Å². The van der Waals surface area contributed by atoms with Crippen molar-refractivity contribution in [1.82, 2.24) is 15.3 Å². The van der Waals surface area contributed by atoms with E-state index in [1.54, 1.807) is 0 Å². The molecule has 0 fully saturated rings. The third kappa shape index (κ3) is 3.51. The van der Waals surface area contributed by atoms with Gasteiger partial charge >= 0.3 is 6.18 Å². The van der Waals surface area contributed by atoms with Crippen LogP contribution in [0, 0.1) is 0 Å². The average Bonchev–Trinajstić information content (AvgIpc) is 2.96. The number of aromatic nitrogens is 2. The summed E-state index contributed by atoms with van der Waals surface area (Å²) in [6.45, 7) is 0.110. The summed E-state index contributed by atoms with van der Waals surface area (Å²) in [6.07, 6.45) is -1.61. The summed E-state index contributed by atoms with van der Waals surface area (Å²) >= 11 is 0. The van der Waals surface area contributed by atoms with Gasteiger partial charge in [-0.05, 0) is 18.2 Å². The van der Waals surface area contributed by atoms with E-state index in [-0.39, 0.29) is 17.8 Å². The normalized spacial score (nSPS) is 11.2. The molecule has 5 N–H and O–H groups in total. The third-order valence-corrected chi connectivity index (χ3v) is 2.74. The highest BCUT2D eigenvalue weighted by molar-refractivity contribution is 5.99. The maximum Gasteiger partial charge on any atom is 0.416 e. The van der Waals surface area contributed by atoms with Gasteiger partial charge in [0.05, 0.1) is 35.4 Å². The van der Waals surface area contributed by atoms with Crippen molar-refractivity contribution in [3.8, 4) is 0 Å². The topological polar surface area (TPSA) is 95.8 Å². The Morgan fingerprint density at radius 1 is 1.38 bits per heavy atom. The lowest BCUT2D eigenvalue weighted by molar-refractivity contribution is -0.137. The van der Waals surface area contributed by atoms with Crippen molar-refractivity contribution in [2.45, 2.75) is 12.7 Å². The number of aromatic amines is 1. The number of rotatable bonds is 4. The van der Waals surface area contributed by atoms with E-state index in [4.69, 9.17) is 5.84 Å². The number of carbonyl (C=O) groups excluding carboxylic acids is 1. The first-order valence-electron chi connectivity index (χ1n) is 5.85. The SMILES string of the molecule is NNc1ccc(C(F)(F)F)cc1C(=O)NCc1cnc[nH]1. The van der Waals surface area contributed by atoms with Crippen molar-refractivity contribution < 1.29 is 18.0 Å². The molecular formula is C12H12F3N5O. The van der Waals surface area contributed by atoms with Gasteiger partial charge in [0, 0.05) is 6.20 Å². The molecule has 0 saturated carbocycles. The number of benzene rings is 1. The van der Waals surface area contributed by atoms with Gasteiger partial charge in [0.25, 0.3) is 5.91 Å². The van der Waals surface area contributed by atoms with Crippen LogP contribution in [0.2, 0.25) is 0 Å². The zero-order chi connectivity index (χ0) is 15.5. The second kappa shape index (κ2) is 5.83. The molecule has 9 heteroatoms. The molecule has 0 aliphatic heterocycles. The summed E-state index contributed by atoms with van der Waals surface area (Å²) in [5, 5.41) is 2.48. The summed E-state index contributed by atoms with van der Waals surface area (Å²) in [7, 11) is 0. The quantitative estimate of drug-likeness (QED) is 0.510. The smallest absolute Gasteiger partial charge is 0.347 e. The molecule has 0 radical (unpaired) electrons. The number of hydrogen-bond acceptors (Lipinski definition) is 4. The van der Waals surface area contributed by atoms with E-state index < -0.39 is 17.6 Å². The van der Waals surface area contributed by atoms with Gasteiger partial charge < -0.3 is 15.7 Å². The van der Waals surface area contributed by atoms with Crippen LogP contribution in [0.1, 0.15) is 21.6 Å². The van der Waals surface area contributed by atoms with Crippen molar-refractivity contribution in [3.05, 3.63) is 47.5 Å². The van der Waals surface area contributed by atoms with Crippen LogP contribution in [0.4, 0.5) is 18.9 Å². The Hall–Kier alpha value is -2.55. The minimum atomic E-state index is -4.54. The molecule has 2 rings (SSSR count). The molecule has 0 aliphatic carbocycles. The number of hydrazine groups is 1. The van der Waals surface area contributed by atoms with Gasteiger partial charge in [-0.25, -0.2) is 4.98 Å². The minimum absolute atomic E-state index is 0.102. The second-order valence-electron chi connectivity index (χ2n) is 4.16. The van der Waals surface area contributed by atoms with Crippen LogP contribution in [0.25, 0.3) is 0 Å². The van der Waals surface area contributed by atoms with Gasteiger partial charge in [-0.15, -0.1) is 0 Å². The van der Waals surface area contributed by atoms with Crippen LogP contribution in [-0.2, 0) is 12.7 Å². The van der Waals surface area contributed by atoms with Gasteiger partial charge in [0.1, 0.15) is 0 Å². The number of nitrogen functional groups attached to an aromatic ring is 1. The molecule has 112 valence electrons. The number of anilines is 1. The molecule has 1 heterocycles. The predicted molar refractivity (Wildman–Crippen MR) is 69.0 cm³/mol. The molecule has 0 unspecified atom stereocenters. The van der Waals surface area contributed by atoms with Crippen LogP contribution in [0.3, 0.4) is 0 Å². The molecule has 1 amide bonds. The zero-order valence-corrected chi connectivity index (χ0v) is 10.7. The lowest BCUT2D eigenvalue weighted by Crippen LogP contribution is -2.25. The van der Waals surface area contributed by atoms with Crippen LogP contribution in [0.5, 0.6) is 0 Å². The van der Waals surface area contributed by atoms with Crippen molar-refractivity contribution in [3.63, 3.8) is 0 Å². The molecule has 0 atom stereocenters. The highest BCUT2D eigenvalue weighted by Gasteiger charge is 2.31. The molecule has 1 aromatic carbocycles. The fraction of sp³-hybridized carbons (Fsp3) is 0.167. The number of H-pyrrole nitrogens is 1. The summed E-state index contributed by atoms with van der Waals surface area (Å²) < 4.78 is 38.0. The molecular weight excluding hydrogens is 287 g/mol. The molecule has 6 nitrogen and oxygen atoms in total. The van der Waals surface area contributed by atoms with Crippen LogP contribution in [-0.4, -0.2) is 15.9 Å². The van der Waals surface area contributed by atoms with Gasteiger partial charge in [-0.2, -0.15) is 13.2 Å². The average molecular weight is 299 g/mol. The first-order chi connectivity index (χ1) is 9.91. The van der Waals surface area contributed by atoms with Gasteiger partial charge in [0.15, 0.2) is 0 Å². The van der Waals surface area contributed by atoms with Crippen LogP contribution in [0.15, 0.2) is 30.7 Å². The summed E-state index contributed by atoms with van der Waals surface area (Å²) in [5.74, 6) is 4.53. The number of alkyl halides is 3. The largest absolute Gasteiger partial charge is 0.416 e. The Morgan fingerprint density at radius 2 is 2.14 bits per heavy atom. The maximum absolute atomic E-state index is 12.7.